The van der Waals surface area contributed by atoms with E-state index in [1.165, 1.54) is 0 Å². The summed E-state index contributed by atoms with van der Waals surface area (Å²) >= 11 is 0. The Bertz CT molecular complexity index is 479. The Morgan fingerprint density at radius 1 is 1.33 bits per heavy atom. The molecule has 2 rings (SSSR count). The summed E-state index contributed by atoms with van der Waals surface area (Å²) in [6.45, 7) is 2.11. The molecule has 0 aliphatic rings. The monoisotopic (exact) mass is 243 g/mol. The van der Waals surface area contributed by atoms with Crippen LogP contribution in [0.1, 0.15) is 41.9 Å². The Morgan fingerprint density at radius 2 is 2.11 bits per heavy atom. The molecule has 1 amide bonds. The number of hydrogen-bond donors (Lipinski definition) is 2. The van der Waals surface area contributed by atoms with Crippen molar-refractivity contribution in [1.82, 2.24) is 15.5 Å². The molecule has 94 valence electrons. The number of aromatic amines is 1. The van der Waals surface area contributed by atoms with Gasteiger partial charge in [-0.3, -0.25) is 9.89 Å². The average molecular weight is 243 g/mol. The van der Waals surface area contributed by atoms with E-state index >= 15 is 0 Å². The molecular formula is C14H17N3O. The number of rotatable bonds is 5. The van der Waals surface area contributed by atoms with Crippen molar-refractivity contribution >= 4 is 5.91 Å². The number of H-pyrrole nitrogens is 1. The van der Waals surface area contributed by atoms with E-state index in [2.05, 4.69) is 22.4 Å². The first kappa shape index (κ1) is 12.4. The molecule has 1 aromatic carbocycles. The maximum atomic E-state index is 12.0. The molecule has 2 N–H and O–H groups in total. The molecule has 0 aliphatic heterocycles. The summed E-state index contributed by atoms with van der Waals surface area (Å²) in [6, 6.07) is 11.7. The van der Waals surface area contributed by atoms with Crippen molar-refractivity contribution < 1.29 is 4.79 Å². The number of carbonyl (C=O) groups is 1. The zero-order valence-corrected chi connectivity index (χ0v) is 10.4. The Hall–Kier alpha value is -2.10. The van der Waals surface area contributed by atoms with Gasteiger partial charge in [0.15, 0.2) is 0 Å². The van der Waals surface area contributed by atoms with E-state index < -0.39 is 0 Å². The van der Waals surface area contributed by atoms with E-state index in [0.717, 1.165) is 18.4 Å². The van der Waals surface area contributed by atoms with Crippen LogP contribution in [0.15, 0.2) is 42.6 Å². The van der Waals surface area contributed by atoms with Crippen LogP contribution in [-0.4, -0.2) is 16.1 Å². The molecule has 1 atom stereocenters. The maximum absolute atomic E-state index is 12.0. The van der Waals surface area contributed by atoms with Crippen LogP contribution in [0.4, 0.5) is 0 Å². The summed E-state index contributed by atoms with van der Waals surface area (Å²) in [4.78, 5) is 12.0. The summed E-state index contributed by atoms with van der Waals surface area (Å²) in [5, 5.41) is 9.48. The fourth-order valence-corrected chi connectivity index (χ4v) is 1.91. The van der Waals surface area contributed by atoms with Gasteiger partial charge in [0.1, 0.15) is 5.69 Å². The molecule has 0 saturated carbocycles. The van der Waals surface area contributed by atoms with E-state index in [1.54, 1.807) is 12.3 Å². The number of carbonyl (C=O) groups excluding carboxylic acids is 1. The smallest absolute Gasteiger partial charge is 0.269 e. The zero-order valence-electron chi connectivity index (χ0n) is 10.4. The molecule has 0 spiro atoms. The number of benzene rings is 1. The molecule has 0 radical (unpaired) electrons. The molecule has 4 nitrogen and oxygen atoms in total. The molecule has 1 heterocycles. The van der Waals surface area contributed by atoms with Crippen molar-refractivity contribution in [3.63, 3.8) is 0 Å². The van der Waals surface area contributed by atoms with E-state index in [1.807, 2.05) is 30.3 Å². The second-order valence-electron chi connectivity index (χ2n) is 4.20. The lowest BCUT2D eigenvalue weighted by Crippen LogP contribution is -2.28. The Morgan fingerprint density at radius 3 is 2.72 bits per heavy atom. The molecule has 2 aromatic rings. The van der Waals surface area contributed by atoms with E-state index in [9.17, 15) is 4.79 Å². The minimum Gasteiger partial charge on any atom is -0.344 e. The standard InChI is InChI=1S/C14H17N3O/c1-2-6-12(11-7-4-3-5-8-11)16-14(18)13-9-10-15-17-13/h3-5,7-10,12H,2,6H2,1H3,(H,15,17)(H,16,18)/t12-/m1/s1. The van der Waals surface area contributed by atoms with Gasteiger partial charge in [0.25, 0.3) is 5.91 Å². The van der Waals surface area contributed by atoms with Crippen LogP contribution < -0.4 is 5.32 Å². The number of aromatic nitrogens is 2. The first-order chi connectivity index (χ1) is 8.81. The van der Waals surface area contributed by atoms with Gasteiger partial charge in [0, 0.05) is 6.20 Å². The van der Waals surface area contributed by atoms with Gasteiger partial charge in [-0.15, -0.1) is 0 Å². The van der Waals surface area contributed by atoms with Crippen LogP contribution in [-0.2, 0) is 0 Å². The van der Waals surface area contributed by atoms with E-state index in [4.69, 9.17) is 0 Å². The molecule has 0 unspecified atom stereocenters. The van der Waals surface area contributed by atoms with E-state index in [0.29, 0.717) is 5.69 Å². The predicted molar refractivity (Wildman–Crippen MR) is 70.1 cm³/mol. The van der Waals surface area contributed by atoms with Crippen molar-refractivity contribution in [1.29, 1.82) is 0 Å². The molecule has 0 bridgehead atoms. The topological polar surface area (TPSA) is 57.8 Å². The zero-order chi connectivity index (χ0) is 12.8. The average Bonchev–Trinajstić information content (AvgIpc) is 2.93. The highest BCUT2D eigenvalue weighted by molar-refractivity contribution is 5.92. The Balaban J connectivity index is 2.10. The summed E-state index contributed by atoms with van der Waals surface area (Å²) in [5.74, 6) is -0.116. The van der Waals surface area contributed by atoms with Crippen LogP contribution in [0, 0.1) is 0 Å². The fourth-order valence-electron chi connectivity index (χ4n) is 1.91. The number of nitrogens with one attached hydrogen (secondary N) is 2. The molecule has 0 saturated heterocycles. The van der Waals surface area contributed by atoms with E-state index in [-0.39, 0.29) is 11.9 Å². The highest BCUT2D eigenvalue weighted by Gasteiger charge is 2.15. The lowest BCUT2D eigenvalue weighted by molar-refractivity contribution is 0.0929. The van der Waals surface area contributed by atoms with Crippen LogP contribution in [0.25, 0.3) is 0 Å². The highest BCUT2D eigenvalue weighted by Crippen LogP contribution is 2.18. The van der Waals surface area contributed by atoms with Crippen molar-refractivity contribution in [2.75, 3.05) is 0 Å². The number of nitrogens with zero attached hydrogens (tertiary/aromatic N) is 1. The van der Waals surface area contributed by atoms with Crippen LogP contribution in [0.2, 0.25) is 0 Å². The van der Waals surface area contributed by atoms with Crippen LogP contribution in [0.5, 0.6) is 0 Å². The molecule has 1 aromatic heterocycles. The second-order valence-corrected chi connectivity index (χ2v) is 4.20. The van der Waals surface area contributed by atoms with Crippen LogP contribution >= 0.6 is 0 Å². The highest BCUT2D eigenvalue weighted by atomic mass is 16.2. The first-order valence-electron chi connectivity index (χ1n) is 6.16. The minimum absolute atomic E-state index is 0.0481. The van der Waals surface area contributed by atoms with Gasteiger partial charge < -0.3 is 5.32 Å². The minimum atomic E-state index is -0.116. The van der Waals surface area contributed by atoms with Gasteiger partial charge in [0.05, 0.1) is 6.04 Å². The van der Waals surface area contributed by atoms with Crippen molar-refractivity contribution in [3.05, 3.63) is 53.9 Å². The Kier molecular flexibility index (Phi) is 4.12. The maximum Gasteiger partial charge on any atom is 0.269 e. The normalized spacial score (nSPS) is 12.1. The third-order valence-electron chi connectivity index (χ3n) is 2.83. The SMILES string of the molecule is CCC[C@@H](NC(=O)c1ccn[nH]1)c1ccccc1. The van der Waals surface area contributed by atoms with Gasteiger partial charge in [-0.1, -0.05) is 43.7 Å². The molecule has 18 heavy (non-hydrogen) atoms. The lowest BCUT2D eigenvalue weighted by Gasteiger charge is -2.18. The van der Waals surface area contributed by atoms with Gasteiger partial charge in [0.2, 0.25) is 0 Å². The fraction of sp³-hybridized carbons (Fsp3) is 0.286. The number of hydrogen-bond acceptors (Lipinski definition) is 2. The number of amides is 1. The van der Waals surface area contributed by atoms with Crippen molar-refractivity contribution in [2.24, 2.45) is 0 Å². The molecule has 0 fully saturated rings. The largest absolute Gasteiger partial charge is 0.344 e. The summed E-state index contributed by atoms with van der Waals surface area (Å²) in [6.07, 6.45) is 3.51. The van der Waals surface area contributed by atoms with Crippen LogP contribution in [0.3, 0.4) is 0 Å². The second kappa shape index (κ2) is 6.00. The molecular weight excluding hydrogens is 226 g/mol. The summed E-state index contributed by atoms with van der Waals surface area (Å²) in [7, 11) is 0. The van der Waals surface area contributed by atoms with Gasteiger partial charge in [-0.05, 0) is 18.1 Å². The lowest BCUT2D eigenvalue weighted by atomic mass is 10.0. The summed E-state index contributed by atoms with van der Waals surface area (Å²) in [5.41, 5.74) is 1.62. The van der Waals surface area contributed by atoms with Crippen molar-refractivity contribution in [3.8, 4) is 0 Å². The third kappa shape index (κ3) is 2.97. The third-order valence-corrected chi connectivity index (χ3v) is 2.83. The first-order valence-corrected chi connectivity index (χ1v) is 6.16. The van der Waals surface area contributed by atoms with Gasteiger partial charge in [-0.25, -0.2) is 0 Å². The van der Waals surface area contributed by atoms with Crippen molar-refractivity contribution in [2.45, 2.75) is 25.8 Å². The molecule has 4 heteroatoms. The van der Waals surface area contributed by atoms with Gasteiger partial charge in [-0.2, -0.15) is 5.10 Å². The Labute approximate surface area is 106 Å². The van der Waals surface area contributed by atoms with Gasteiger partial charge >= 0.3 is 0 Å². The summed E-state index contributed by atoms with van der Waals surface area (Å²) < 4.78 is 0. The quantitative estimate of drug-likeness (QED) is 0.848. The predicted octanol–water partition coefficient (Wildman–Crippen LogP) is 2.68. The molecule has 0 aliphatic carbocycles.